The maximum Gasteiger partial charge on any atom is 0.313 e. The molecule has 13 heavy (non-hydrogen) atoms. The van der Waals surface area contributed by atoms with Gasteiger partial charge in [0.15, 0.2) is 0 Å². The molecular formula is C10H14O3. The average Bonchev–Trinajstić information content (AvgIpc) is 2.02. The third-order valence-electron chi connectivity index (χ3n) is 1.21. The second kappa shape index (κ2) is 7.28. The van der Waals surface area contributed by atoms with Crippen molar-refractivity contribution in [3.8, 4) is 0 Å². The molecule has 0 aliphatic rings. The van der Waals surface area contributed by atoms with Crippen molar-refractivity contribution in [2.24, 2.45) is 0 Å². The lowest BCUT2D eigenvalue weighted by molar-refractivity contribution is -0.157. The molecule has 0 unspecified atom stereocenters. The molecule has 0 amide bonds. The van der Waals surface area contributed by atoms with E-state index >= 15 is 0 Å². The van der Waals surface area contributed by atoms with Crippen LogP contribution in [-0.4, -0.2) is 11.9 Å². The van der Waals surface area contributed by atoms with Gasteiger partial charge in [0, 0.05) is 13.3 Å². The summed E-state index contributed by atoms with van der Waals surface area (Å²) in [6.07, 6.45) is 8.30. The standard InChI is InChI=1S/C10H14O3/c1-3-4-5-6-7-8-10(12)13-9(2)11/h3-6H,7-8H2,1-2H3/b4-3+,6-5-. The van der Waals surface area contributed by atoms with Crippen LogP contribution in [0.4, 0.5) is 0 Å². The largest absolute Gasteiger partial charge is 0.393 e. The van der Waals surface area contributed by atoms with Crippen LogP contribution in [0.15, 0.2) is 24.3 Å². The Hall–Kier alpha value is -1.38. The Balaban J connectivity index is 3.53. The van der Waals surface area contributed by atoms with Crippen LogP contribution < -0.4 is 0 Å². The fourth-order valence-electron chi connectivity index (χ4n) is 0.698. The van der Waals surface area contributed by atoms with Crippen LogP contribution in [0.3, 0.4) is 0 Å². The molecule has 3 nitrogen and oxygen atoms in total. The minimum atomic E-state index is -0.553. The van der Waals surface area contributed by atoms with Crippen molar-refractivity contribution >= 4 is 11.9 Å². The molecule has 0 bridgehead atoms. The van der Waals surface area contributed by atoms with Crippen molar-refractivity contribution in [2.45, 2.75) is 26.7 Å². The van der Waals surface area contributed by atoms with Crippen molar-refractivity contribution in [3.63, 3.8) is 0 Å². The van der Waals surface area contributed by atoms with E-state index in [4.69, 9.17) is 0 Å². The second-order valence-electron chi connectivity index (χ2n) is 2.46. The summed E-state index contributed by atoms with van der Waals surface area (Å²) in [7, 11) is 0. The zero-order chi connectivity index (χ0) is 10.1. The van der Waals surface area contributed by atoms with Crippen LogP contribution in [0.25, 0.3) is 0 Å². The van der Waals surface area contributed by atoms with Crippen LogP contribution in [0.5, 0.6) is 0 Å². The van der Waals surface area contributed by atoms with Crippen LogP contribution in [0.2, 0.25) is 0 Å². The molecule has 0 aromatic rings. The Morgan fingerprint density at radius 3 is 2.54 bits per heavy atom. The molecule has 0 radical (unpaired) electrons. The molecule has 0 rings (SSSR count). The maximum absolute atomic E-state index is 10.8. The van der Waals surface area contributed by atoms with Gasteiger partial charge in [0.25, 0.3) is 0 Å². The summed E-state index contributed by atoms with van der Waals surface area (Å²) < 4.78 is 4.33. The Bertz CT molecular complexity index is 226. The van der Waals surface area contributed by atoms with Crippen molar-refractivity contribution in [1.29, 1.82) is 0 Å². The highest BCUT2D eigenvalue weighted by Gasteiger charge is 2.03. The molecule has 0 atom stereocenters. The topological polar surface area (TPSA) is 43.4 Å². The van der Waals surface area contributed by atoms with E-state index in [0.717, 1.165) is 0 Å². The van der Waals surface area contributed by atoms with Crippen molar-refractivity contribution in [2.75, 3.05) is 0 Å². The lowest BCUT2D eigenvalue weighted by atomic mass is 10.3. The molecule has 0 aromatic heterocycles. The Labute approximate surface area is 78.1 Å². The lowest BCUT2D eigenvalue weighted by Gasteiger charge is -1.95. The molecule has 0 heterocycles. The first-order valence-corrected chi connectivity index (χ1v) is 4.16. The monoisotopic (exact) mass is 182 g/mol. The Morgan fingerprint density at radius 2 is 2.00 bits per heavy atom. The van der Waals surface area contributed by atoms with Crippen molar-refractivity contribution < 1.29 is 14.3 Å². The number of hydrogen-bond donors (Lipinski definition) is 0. The predicted octanol–water partition coefficient (Wildman–Crippen LogP) is 1.99. The summed E-state index contributed by atoms with van der Waals surface area (Å²) in [5.41, 5.74) is 0. The fourth-order valence-corrected chi connectivity index (χ4v) is 0.698. The van der Waals surface area contributed by atoms with Crippen molar-refractivity contribution in [3.05, 3.63) is 24.3 Å². The molecular weight excluding hydrogens is 168 g/mol. The van der Waals surface area contributed by atoms with E-state index in [-0.39, 0.29) is 6.42 Å². The van der Waals surface area contributed by atoms with Crippen LogP contribution in [0, 0.1) is 0 Å². The second-order valence-corrected chi connectivity index (χ2v) is 2.46. The minimum Gasteiger partial charge on any atom is -0.393 e. The first-order valence-electron chi connectivity index (χ1n) is 4.16. The molecule has 0 saturated carbocycles. The molecule has 72 valence electrons. The van der Waals surface area contributed by atoms with Gasteiger partial charge in [-0.1, -0.05) is 24.3 Å². The first-order chi connectivity index (χ1) is 6.16. The highest BCUT2D eigenvalue weighted by molar-refractivity contribution is 5.84. The van der Waals surface area contributed by atoms with E-state index in [1.165, 1.54) is 6.92 Å². The Kier molecular flexibility index (Phi) is 6.51. The zero-order valence-electron chi connectivity index (χ0n) is 7.95. The molecule has 0 aliphatic carbocycles. The number of carbonyl (C=O) groups is 2. The molecule has 0 spiro atoms. The van der Waals surface area contributed by atoms with Gasteiger partial charge in [-0.15, -0.1) is 0 Å². The highest BCUT2D eigenvalue weighted by Crippen LogP contribution is 1.95. The normalized spacial score (nSPS) is 10.9. The lowest BCUT2D eigenvalue weighted by Crippen LogP contribution is -2.07. The summed E-state index contributed by atoms with van der Waals surface area (Å²) in [6.45, 7) is 3.13. The average molecular weight is 182 g/mol. The van der Waals surface area contributed by atoms with Gasteiger partial charge in [-0.25, -0.2) is 0 Å². The summed E-state index contributed by atoms with van der Waals surface area (Å²) in [5.74, 6) is -1.03. The van der Waals surface area contributed by atoms with E-state index in [2.05, 4.69) is 4.74 Å². The van der Waals surface area contributed by atoms with Crippen LogP contribution in [-0.2, 0) is 14.3 Å². The molecule has 3 heteroatoms. The smallest absolute Gasteiger partial charge is 0.313 e. The molecule has 0 aromatic carbocycles. The van der Waals surface area contributed by atoms with Crippen LogP contribution in [0.1, 0.15) is 26.7 Å². The molecule has 0 N–H and O–H groups in total. The van der Waals surface area contributed by atoms with Gasteiger partial charge >= 0.3 is 11.9 Å². The van der Waals surface area contributed by atoms with Gasteiger partial charge in [0.05, 0.1) is 0 Å². The first kappa shape index (κ1) is 11.6. The van der Waals surface area contributed by atoms with Gasteiger partial charge in [-0.3, -0.25) is 9.59 Å². The predicted molar refractivity (Wildman–Crippen MR) is 50.0 cm³/mol. The summed E-state index contributed by atoms with van der Waals surface area (Å²) in [5, 5.41) is 0. The number of esters is 2. The van der Waals surface area contributed by atoms with Crippen molar-refractivity contribution in [1.82, 2.24) is 0 Å². The number of ether oxygens (including phenoxy) is 1. The van der Waals surface area contributed by atoms with E-state index in [0.29, 0.717) is 6.42 Å². The molecule has 0 fully saturated rings. The SMILES string of the molecule is C/C=C/C=C\CCC(=O)OC(C)=O. The molecule has 0 saturated heterocycles. The minimum absolute atomic E-state index is 0.244. The maximum atomic E-state index is 10.8. The summed E-state index contributed by atoms with van der Waals surface area (Å²) in [4.78, 5) is 21.1. The summed E-state index contributed by atoms with van der Waals surface area (Å²) >= 11 is 0. The van der Waals surface area contributed by atoms with Gasteiger partial charge in [0.2, 0.25) is 0 Å². The van der Waals surface area contributed by atoms with Gasteiger partial charge in [-0.2, -0.15) is 0 Å². The quantitative estimate of drug-likeness (QED) is 0.379. The van der Waals surface area contributed by atoms with Gasteiger partial charge in [0.1, 0.15) is 0 Å². The van der Waals surface area contributed by atoms with E-state index in [1.807, 2.05) is 31.2 Å². The number of rotatable bonds is 4. The molecule has 0 aliphatic heterocycles. The van der Waals surface area contributed by atoms with Gasteiger partial charge < -0.3 is 4.74 Å². The van der Waals surface area contributed by atoms with Crippen LogP contribution >= 0.6 is 0 Å². The zero-order valence-corrected chi connectivity index (χ0v) is 7.95. The Morgan fingerprint density at radius 1 is 1.31 bits per heavy atom. The third kappa shape index (κ3) is 8.53. The number of hydrogen-bond acceptors (Lipinski definition) is 3. The number of carbonyl (C=O) groups excluding carboxylic acids is 2. The van der Waals surface area contributed by atoms with E-state index in [1.54, 1.807) is 0 Å². The third-order valence-corrected chi connectivity index (χ3v) is 1.21. The summed E-state index contributed by atoms with van der Waals surface area (Å²) in [6, 6.07) is 0. The number of allylic oxidation sites excluding steroid dienone is 4. The van der Waals surface area contributed by atoms with E-state index in [9.17, 15) is 9.59 Å². The van der Waals surface area contributed by atoms with Gasteiger partial charge in [-0.05, 0) is 13.3 Å². The van der Waals surface area contributed by atoms with E-state index < -0.39 is 11.9 Å². The fraction of sp³-hybridized carbons (Fsp3) is 0.400. The highest BCUT2D eigenvalue weighted by atomic mass is 16.6.